The second kappa shape index (κ2) is 8.25. The maximum absolute atomic E-state index is 14.2. The van der Waals surface area contributed by atoms with E-state index in [-0.39, 0.29) is 42.2 Å². The number of hydrogen-bond donors (Lipinski definition) is 3. The molecule has 5 fully saturated rings. The first-order valence-corrected chi connectivity index (χ1v) is 14.5. The van der Waals surface area contributed by atoms with Crippen LogP contribution >= 0.6 is 0 Å². The molecule has 35 heavy (non-hydrogen) atoms. The number of rotatable bonds is 7. The first kappa shape index (κ1) is 26.1. The molecule has 5 rings (SSSR count). The summed E-state index contributed by atoms with van der Waals surface area (Å²) in [6, 6.07) is 0. The Morgan fingerprint density at radius 1 is 1.00 bits per heavy atom. The number of epoxide rings is 1. The van der Waals surface area contributed by atoms with Crippen molar-refractivity contribution in [1.29, 1.82) is 0 Å². The first-order valence-electron chi connectivity index (χ1n) is 14.5. The van der Waals surface area contributed by atoms with Gasteiger partial charge < -0.3 is 20.1 Å². The van der Waals surface area contributed by atoms with E-state index in [1.165, 1.54) is 6.42 Å². The average molecular weight is 491 g/mol. The molecule has 1 saturated heterocycles. The van der Waals surface area contributed by atoms with Crippen molar-refractivity contribution in [3.05, 3.63) is 0 Å². The second-order valence-corrected chi connectivity index (χ2v) is 14.5. The monoisotopic (exact) mass is 490 g/mol. The summed E-state index contributed by atoms with van der Waals surface area (Å²) in [7, 11) is 0. The highest BCUT2D eigenvalue weighted by Gasteiger charge is 2.78. The molecule has 1 aliphatic heterocycles. The van der Waals surface area contributed by atoms with Crippen molar-refractivity contribution in [3.8, 4) is 0 Å². The number of hydrogen-bond acceptors (Lipinski definition) is 5. The minimum absolute atomic E-state index is 0.0479. The van der Waals surface area contributed by atoms with Crippen LogP contribution in [0.2, 0.25) is 0 Å². The van der Waals surface area contributed by atoms with Crippen molar-refractivity contribution >= 4 is 5.78 Å². The van der Waals surface area contributed by atoms with Gasteiger partial charge in [0, 0.05) is 25.4 Å². The molecule has 1 heterocycles. The Bertz CT molecular complexity index is 858. The Balaban J connectivity index is 1.40. The van der Waals surface area contributed by atoms with Gasteiger partial charge in [-0.1, -0.05) is 41.5 Å². The maximum atomic E-state index is 14.2. The zero-order valence-electron chi connectivity index (χ0n) is 23.1. The Kier molecular flexibility index (Phi) is 6.16. The number of aliphatic hydroxyl groups is 3. The summed E-state index contributed by atoms with van der Waals surface area (Å²) in [6.07, 6.45) is 4.03. The van der Waals surface area contributed by atoms with Crippen LogP contribution in [0.3, 0.4) is 0 Å². The summed E-state index contributed by atoms with van der Waals surface area (Å²) >= 11 is 0. The molecule has 3 N–H and O–H groups in total. The number of ketones is 1. The molecular weight excluding hydrogens is 440 g/mol. The Morgan fingerprint density at radius 3 is 2.31 bits per heavy atom. The van der Waals surface area contributed by atoms with Crippen LogP contribution in [0.15, 0.2) is 0 Å². The molecule has 4 aliphatic carbocycles. The molecule has 13 atom stereocenters. The van der Waals surface area contributed by atoms with Gasteiger partial charge in [0.25, 0.3) is 0 Å². The minimum Gasteiger partial charge on any atom is -0.396 e. The molecule has 200 valence electrons. The van der Waals surface area contributed by atoms with E-state index in [4.69, 9.17) is 4.74 Å². The lowest BCUT2D eigenvalue weighted by molar-refractivity contribution is -0.162. The van der Waals surface area contributed by atoms with Gasteiger partial charge in [-0.15, -0.1) is 0 Å². The van der Waals surface area contributed by atoms with E-state index in [1.807, 2.05) is 6.92 Å². The molecule has 0 amide bonds. The van der Waals surface area contributed by atoms with E-state index < -0.39 is 23.2 Å². The third kappa shape index (κ3) is 3.43. The second-order valence-electron chi connectivity index (χ2n) is 14.5. The number of Topliss-reactive ketones (excluding diaryl/α,β-unsaturated/α-hetero) is 1. The van der Waals surface area contributed by atoms with E-state index >= 15 is 0 Å². The van der Waals surface area contributed by atoms with Crippen LogP contribution in [-0.4, -0.2) is 51.6 Å². The SMILES string of the molecule is CC(C)[C@@H](C)[C@@]1(C)C[C@@H]1[C@@H](C)[C@H]1CC[C@@H]([C@@H]2C[C@@H]3O[C@@]34C[C@@H](O)C[C@@H](O)[C@]4(C)C2=O)[C@]1(C)CCO. The van der Waals surface area contributed by atoms with Crippen LogP contribution in [0.5, 0.6) is 0 Å². The highest BCUT2D eigenvalue weighted by Crippen LogP contribution is 2.70. The van der Waals surface area contributed by atoms with Gasteiger partial charge in [0.2, 0.25) is 0 Å². The van der Waals surface area contributed by atoms with Crippen LogP contribution in [0, 0.1) is 57.7 Å². The molecule has 0 aromatic rings. The Hall–Kier alpha value is -0.490. The number of ether oxygens (including phenoxy) is 1. The van der Waals surface area contributed by atoms with Crippen molar-refractivity contribution in [2.75, 3.05) is 6.61 Å². The van der Waals surface area contributed by atoms with Crippen LogP contribution in [-0.2, 0) is 9.53 Å². The quantitative estimate of drug-likeness (QED) is 0.454. The summed E-state index contributed by atoms with van der Waals surface area (Å²) in [5.41, 5.74) is -1.32. The third-order valence-corrected chi connectivity index (χ3v) is 13.0. The topological polar surface area (TPSA) is 90.3 Å². The Morgan fingerprint density at radius 2 is 1.69 bits per heavy atom. The highest BCUT2D eigenvalue weighted by molar-refractivity contribution is 5.91. The van der Waals surface area contributed by atoms with Crippen molar-refractivity contribution in [1.82, 2.24) is 0 Å². The molecule has 0 aromatic heterocycles. The van der Waals surface area contributed by atoms with Gasteiger partial charge >= 0.3 is 0 Å². The normalized spacial score (nSPS) is 54.8. The summed E-state index contributed by atoms with van der Waals surface area (Å²) < 4.78 is 6.21. The fraction of sp³-hybridized carbons (Fsp3) is 0.967. The highest BCUT2D eigenvalue weighted by atomic mass is 16.6. The van der Waals surface area contributed by atoms with Gasteiger partial charge in [0.05, 0.1) is 23.7 Å². The molecule has 0 unspecified atom stereocenters. The lowest BCUT2D eigenvalue weighted by Gasteiger charge is -2.51. The molecule has 5 heteroatoms. The van der Waals surface area contributed by atoms with Gasteiger partial charge in [-0.3, -0.25) is 4.79 Å². The van der Waals surface area contributed by atoms with E-state index in [2.05, 4.69) is 41.5 Å². The molecular formula is C30H50O5. The lowest BCUT2D eigenvalue weighted by atomic mass is 9.51. The largest absolute Gasteiger partial charge is 0.396 e. The number of carbonyl (C=O) groups is 1. The predicted molar refractivity (Wildman–Crippen MR) is 135 cm³/mol. The van der Waals surface area contributed by atoms with E-state index in [0.29, 0.717) is 47.8 Å². The lowest BCUT2D eigenvalue weighted by Crippen LogP contribution is -2.63. The average Bonchev–Trinajstić information content (AvgIpc) is 3.64. The number of aliphatic hydroxyl groups excluding tert-OH is 3. The summed E-state index contributed by atoms with van der Waals surface area (Å²) in [5, 5.41) is 31.6. The third-order valence-electron chi connectivity index (χ3n) is 13.0. The van der Waals surface area contributed by atoms with Crippen LogP contribution in [0.4, 0.5) is 0 Å². The first-order chi connectivity index (χ1) is 16.3. The van der Waals surface area contributed by atoms with Crippen LogP contribution in [0.1, 0.15) is 93.4 Å². The van der Waals surface area contributed by atoms with Gasteiger partial charge in [0.1, 0.15) is 11.4 Å². The predicted octanol–water partition coefficient (Wildman–Crippen LogP) is 4.60. The Labute approximate surface area is 212 Å². The summed E-state index contributed by atoms with van der Waals surface area (Å²) in [5.74, 6) is 3.37. The maximum Gasteiger partial charge on any atom is 0.147 e. The number of carbonyl (C=O) groups excluding carboxylic acids is 1. The molecule has 4 saturated carbocycles. The van der Waals surface area contributed by atoms with Crippen molar-refractivity contribution < 1.29 is 24.9 Å². The molecule has 5 nitrogen and oxygen atoms in total. The smallest absolute Gasteiger partial charge is 0.147 e. The standard InChI is InChI=1S/C30H50O5/c1-16(2)18(4)28(6)15-23(28)17(3)21-8-9-22(27(21,5)10-11-31)20-13-25-30(35-25)14-19(32)12-24(33)29(30,7)26(20)34/h16-25,31-33H,8-15H2,1-7H3/t17-,18+,19-,20-,21+,22-,23+,24+,25-,27+,28+,29+,30-/m0/s1. The van der Waals surface area contributed by atoms with E-state index in [0.717, 1.165) is 19.3 Å². The van der Waals surface area contributed by atoms with Crippen molar-refractivity contribution in [2.45, 2.75) is 117 Å². The molecule has 0 bridgehead atoms. The van der Waals surface area contributed by atoms with Gasteiger partial charge in [-0.2, -0.15) is 0 Å². The van der Waals surface area contributed by atoms with E-state index in [1.54, 1.807) is 0 Å². The van der Waals surface area contributed by atoms with Crippen molar-refractivity contribution in [2.24, 2.45) is 57.7 Å². The van der Waals surface area contributed by atoms with Crippen LogP contribution < -0.4 is 0 Å². The van der Waals surface area contributed by atoms with Gasteiger partial charge in [0.15, 0.2) is 0 Å². The molecule has 0 radical (unpaired) electrons. The minimum atomic E-state index is -0.939. The fourth-order valence-electron chi connectivity index (χ4n) is 10.2. The zero-order chi connectivity index (χ0) is 25.7. The van der Waals surface area contributed by atoms with Gasteiger partial charge in [-0.25, -0.2) is 0 Å². The molecule has 5 aliphatic rings. The molecule has 1 spiro atoms. The summed E-state index contributed by atoms with van der Waals surface area (Å²) in [4.78, 5) is 14.2. The van der Waals surface area contributed by atoms with Crippen LogP contribution in [0.25, 0.3) is 0 Å². The fourth-order valence-corrected chi connectivity index (χ4v) is 10.2. The zero-order valence-corrected chi connectivity index (χ0v) is 23.1. The van der Waals surface area contributed by atoms with Crippen molar-refractivity contribution in [3.63, 3.8) is 0 Å². The summed E-state index contributed by atoms with van der Waals surface area (Å²) in [6.45, 7) is 16.4. The van der Waals surface area contributed by atoms with Gasteiger partial charge in [-0.05, 0) is 85.4 Å². The molecule has 0 aromatic carbocycles. The van der Waals surface area contributed by atoms with E-state index in [9.17, 15) is 20.1 Å².